The maximum absolute atomic E-state index is 14.3. The van der Waals surface area contributed by atoms with Gasteiger partial charge < -0.3 is 9.80 Å². The number of anilines is 1. The number of amides is 2. The molecule has 4 rings (SSSR count). The first-order valence-electron chi connectivity index (χ1n) is 11.4. The number of fused-ring (bicyclic) bond motifs is 1. The molecule has 1 aliphatic heterocycles. The molecule has 6 heteroatoms. The predicted molar refractivity (Wildman–Crippen MR) is 131 cm³/mol. The molecule has 2 aromatic carbocycles. The van der Waals surface area contributed by atoms with Crippen molar-refractivity contribution in [3.8, 4) is 0 Å². The van der Waals surface area contributed by atoms with Crippen LogP contribution in [0, 0.1) is 11.7 Å². The lowest BCUT2D eigenvalue weighted by atomic mass is 9.80. The van der Waals surface area contributed by atoms with E-state index in [1.165, 1.54) is 12.1 Å². The third kappa shape index (κ3) is 4.58. The summed E-state index contributed by atoms with van der Waals surface area (Å²) in [6.45, 7) is 7.25. The van der Waals surface area contributed by atoms with Crippen molar-refractivity contribution in [3.63, 3.8) is 0 Å². The van der Waals surface area contributed by atoms with Gasteiger partial charge in [-0.05, 0) is 59.7 Å². The lowest BCUT2D eigenvalue weighted by molar-refractivity contribution is -0.121. The summed E-state index contributed by atoms with van der Waals surface area (Å²) in [5, 5.41) is 1.99. The molecule has 3 aromatic rings. The Morgan fingerprint density at radius 2 is 1.82 bits per heavy atom. The maximum Gasteiger partial charge on any atom is 0.254 e. The fourth-order valence-electron chi connectivity index (χ4n) is 4.61. The van der Waals surface area contributed by atoms with Crippen LogP contribution in [0.1, 0.15) is 60.0 Å². The minimum atomic E-state index is -0.548. The molecule has 0 aliphatic carbocycles. The molecule has 172 valence electrons. The molecule has 0 N–H and O–H groups in total. The summed E-state index contributed by atoms with van der Waals surface area (Å²) in [4.78, 5) is 32.5. The van der Waals surface area contributed by atoms with Crippen molar-refractivity contribution in [2.24, 2.45) is 5.92 Å². The van der Waals surface area contributed by atoms with E-state index in [0.29, 0.717) is 24.3 Å². The third-order valence-corrected chi connectivity index (χ3v) is 6.90. The smallest absolute Gasteiger partial charge is 0.254 e. The molecule has 2 atom stereocenters. The summed E-state index contributed by atoms with van der Waals surface area (Å²) in [7, 11) is 0. The van der Waals surface area contributed by atoms with Crippen molar-refractivity contribution in [3.05, 3.63) is 87.9 Å². The lowest BCUT2D eigenvalue weighted by Gasteiger charge is -2.43. The summed E-state index contributed by atoms with van der Waals surface area (Å²) < 4.78 is 13.6. The number of carbonyl (C=O) groups is 2. The van der Waals surface area contributed by atoms with Gasteiger partial charge in [-0.15, -0.1) is 11.3 Å². The number of nitrogens with zero attached hydrogens (tertiary/aromatic N) is 2. The molecule has 0 radical (unpaired) electrons. The number of thiophene rings is 1. The maximum atomic E-state index is 14.3. The standard InChI is InChI=1S/C27H29FN2O2S/c1-4-15-29(20-13-11-19(28)12-14-20)27(32)24-21-8-5-6-9-22(21)26(31)30(17-18(2)3)25(24)23-10-7-16-33-23/h5-14,16,18,24-25H,4,15,17H2,1-3H3/t24-,25-/m0/s1. The summed E-state index contributed by atoms with van der Waals surface area (Å²) >= 11 is 1.57. The van der Waals surface area contributed by atoms with E-state index in [9.17, 15) is 14.0 Å². The molecule has 2 amide bonds. The SMILES string of the molecule is CCCN(C(=O)[C@H]1c2ccccc2C(=O)N(CC(C)C)[C@H]1c1cccs1)c1ccc(F)cc1. The highest BCUT2D eigenvalue weighted by Crippen LogP contribution is 2.45. The molecule has 0 unspecified atom stereocenters. The Balaban J connectivity index is 1.87. The Morgan fingerprint density at radius 3 is 2.45 bits per heavy atom. The minimum absolute atomic E-state index is 0.0365. The molecule has 0 fully saturated rings. The molecular formula is C27H29FN2O2S. The molecule has 33 heavy (non-hydrogen) atoms. The van der Waals surface area contributed by atoms with E-state index in [1.807, 2.05) is 53.6 Å². The van der Waals surface area contributed by atoms with Gasteiger partial charge in [0.25, 0.3) is 5.91 Å². The summed E-state index contributed by atoms with van der Waals surface area (Å²) in [6, 6.07) is 17.1. The van der Waals surface area contributed by atoms with Gasteiger partial charge in [-0.1, -0.05) is 45.0 Å². The van der Waals surface area contributed by atoms with Crippen molar-refractivity contribution in [2.45, 2.75) is 39.2 Å². The monoisotopic (exact) mass is 464 g/mol. The zero-order valence-corrected chi connectivity index (χ0v) is 20.0. The molecule has 2 heterocycles. The summed E-state index contributed by atoms with van der Waals surface area (Å²) in [5.74, 6) is -0.744. The van der Waals surface area contributed by atoms with Gasteiger partial charge in [-0.25, -0.2) is 4.39 Å². The number of carbonyl (C=O) groups excluding carboxylic acids is 2. The zero-order valence-electron chi connectivity index (χ0n) is 19.2. The number of halogens is 1. The second-order valence-electron chi connectivity index (χ2n) is 8.84. The van der Waals surface area contributed by atoms with Gasteiger partial charge in [-0.2, -0.15) is 0 Å². The molecule has 0 saturated carbocycles. The van der Waals surface area contributed by atoms with Crippen molar-refractivity contribution in [2.75, 3.05) is 18.0 Å². The average Bonchev–Trinajstić information content (AvgIpc) is 3.34. The van der Waals surface area contributed by atoms with Crippen molar-refractivity contribution in [1.29, 1.82) is 0 Å². The van der Waals surface area contributed by atoms with Gasteiger partial charge in [0, 0.05) is 29.2 Å². The molecule has 0 saturated heterocycles. The van der Waals surface area contributed by atoms with E-state index in [1.54, 1.807) is 28.4 Å². The van der Waals surface area contributed by atoms with Crippen LogP contribution in [0.3, 0.4) is 0 Å². The van der Waals surface area contributed by atoms with Crippen LogP contribution < -0.4 is 4.90 Å². The minimum Gasteiger partial charge on any atom is -0.329 e. The number of rotatable bonds is 7. The van der Waals surface area contributed by atoms with E-state index in [4.69, 9.17) is 0 Å². The van der Waals surface area contributed by atoms with Crippen molar-refractivity contribution >= 4 is 28.8 Å². The van der Waals surface area contributed by atoms with E-state index in [-0.39, 0.29) is 29.6 Å². The third-order valence-electron chi connectivity index (χ3n) is 5.95. The molecule has 1 aromatic heterocycles. The Kier molecular flexibility index (Phi) is 6.94. The Bertz CT molecular complexity index is 1110. The highest BCUT2D eigenvalue weighted by molar-refractivity contribution is 7.10. The first kappa shape index (κ1) is 23.2. The zero-order chi connectivity index (χ0) is 23.5. The van der Waals surface area contributed by atoms with Crippen LogP contribution in [0.5, 0.6) is 0 Å². The number of hydrogen-bond acceptors (Lipinski definition) is 3. The predicted octanol–water partition coefficient (Wildman–Crippen LogP) is 6.27. The average molecular weight is 465 g/mol. The van der Waals surface area contributed by atoms with Crippen LogP contribution in [0.15, 0.2) is 66.0 Å². The highest BCUT2D eigenvalue weighted by atomic mass is 32.1. The lowest BCUT2D eigenvalue weighted by Crippen LogP contribution is -2.49. The van der Waals surface area contributed by atoms with Crippen LogP contribution in [-0.2, 0) is 4.79 Å². The van der Waals surface area contributed by atoms with Gasteiger partial charge in [0.15, 0.2) is 0 Å². The fraction of sp³-hybridized carbons (Fsp3) is 0.333. The number of benzene rings is 2. The van der Waals surface area contributed by atoms with Crippen molar-refractivity contribution in [1.82, 2.24) is 4.90 Å². The topological polar surface area (TPSA) is 40.6 Å². The van der Waals surface area contributed by atoms with Crippen LogP contribution >= 0.6 is 11.3 Å². The molecule has 0 spiro atoms. The van der Waals surface area contributed by atoms with Crippen LogP contribution in [-0.4, -0.2) is 29.8 Å². The molecular weight excluding hydrogens is 435 g/mol. The van der Waals surface area contributed by atoms with Crippen LogP contribution in [0.4, 0.5) is 10.1 Å². The van der Waals surface area contributed by atoms with E-state index >= 15 is 0 Å². The first-order chi connectivity index (χ1) is 15.9. The van der Waals surface area contributed by atoms with E-state index < -0.39 is 5.92 Å². The van der Waals surface area contributed by atoms with E-state index in [2.05, 4.69) is 13.8 Å². The Labute approximate surface area is 198 Å². The molecule has 1 aliphatic rings. The van der Waals surface area contributed by atoms with Crippen molar-refractivity contribution < 1.29 is 14.0 Å². The van der Waals surface area contributed by atoms with Crippen LogP contribution in [0.2, 0.25) is 0 Å². The van der Waals surface area contributed by atoms with E-state index in [0.717, 1.165) is 16.9 Å². The Hall–Kier alpha value is -2.99. The van der Waals surface area contributed by atoms with Gasteiger partial charge >= 0.3 is 0 Å². The van der Waals surface area contributed by atoms with Crippen LogP contribution in [0.25, 0.3) is 0 Å². The summed E-state index contributed by atoms with van der Waals surface area (Å²) in [6.07, 6.45) is 0.760. The normalized spacial score (nSPS) is 17.8. The quantitative estimate of drug-likeness (QED) is 0.414. The molecule has 0 bridgehead atoms. The van der Waals surface area contributed by atoms with Gasteiger partial charge in [-0.3, -0.25) is 9.59 Å². The fourth-order valence-corrected chi connectivity index (χ4v) is 5.48. The van der Waals surface area contributed by atoms with Gasteiger partial charge in [0.1, 0.15) is 5.82 Å². The van der Waals surface area contributed by atoms with Gasteiger partial charge in [0.05, 0.1) is 12.0 Å². The first-order valence-corrected chi connectivity index (χ1v) is 12.3. The summed E-state index contributed by atoms with van der Waals surface area (Å²) in [5.41, 5.74) is 2.01. The second kappa shape index (κ2) is 9.87. The number of hydrogen-bond donors (Lipinski definition) is 0. The Morgan fingerprint density at radius 1 is 1.09 bits per heavy atom. The van der Waals surface area contributed by atoms with Gasteiger partial charge in [0.2, 0.25) is 5.91 Å². The second-order valence-corrected chi connectivity index (χ2v) is 9.82. The molecule has 4 nitrogen and oxygen atoms in total. The highest BCUT2D eigenvalue weighted by Gasteiger charge is 2.46. The largest absolute Gasteiger partial charge is 0.329 e.